The minimum Gasteiger partial charge on any atom is -0.308 e. The summed E-state index contributed by atoms with van der Waals surface area (Å²) in [6.07, 6.45) is 6.25. The molecule has 0 aliphatic heterocycles. The summed E-state index contributed by atoms with van der Waals surface area (Å²) in [5.74, 6) is 0. The Hall–Kier alpha value is -0.540. The quantitative estimate of drug-likeness (QED) is 0.779. The van der Waals surface area contributed by atoms with Crippen LogP contribution < -0.4 is 5.32 Å². The van der Waals surface area contributed by atoms with Gasteiger partial charge in [0.1, 0.15) is 0 Å². The van der Waals surface area contributed by atoms with Gasteiger partial charge in [-0.15, -0.1) is 0 Å². The zero-order valence-electron chi connectivity index (χ0n) is 12.1. The lowest BCUT2D eigenvalue weighted by Crippen LogP contribution is -2.29. The van der Waals surface area contributed by atoms with Crippen molar-refractivity contribution >= 4 is 11.6 Å². The molecule has 0 amide bonds. The van der Waals surface area contributed by atoms with E-state index in [2.05, 4.69) is 24.3 Å². The van der Waals surface area contributed by atoms with Gasteiger partial charge in [0.15, 0.2) is 0 Å². The number of halogens is 1. The molecule has 0 saturated carbocycles. The number of nitrogens with zero attached hydrogens (tertiary/aromatic N) is 2. The second-order valence-electron chi connectivity index (χ2n) is 4.98. The molecule has 4 heteroatoms. The topological polar surface area (TPSA) is 29.9 Å². The normalized spacial score (nSPS) is 12.9. The molecule has 104 valence electrons. The number of hydrogen-bond acceptors (Lipinski definition) is 2. The Morgan fingerprint density at radius 1 is 1.28 bits per heavy atom. The number of unbranched alkanes of at least 4 members (excludes halogenated alkanes) is 1. The van der Waals surface area contributed by atoms with Crippen molar-refractivity contribution in [3.63, 3.8) is 0 Å². The van der Waals surface area contributed by atoms with Gasteiger partial charge >= 0.3 is 0 Å². The minimum absolute atomic E-state index is 0.598. The van der Waals surface area contributed by atoms with Crippen molar-refractivity contribution in [1.82, 2.24) is 15.1 Å². The van der Waals surface area contributed by atoms with Crippen molar-refractivity contribution in [2.45, 2.75) is 65.5 Å². The highest BCUT2D eigenvalue weighted by Gasteiger charge is 2.13. The van der Waals surface area contributed by atoms with Crippen LogP contribution in [0.5, 0.6) is 0 Å². The largest absolute Gasteiger partial charge is 0.308 e. The summed E-state index contributed by atoms with van der Waals surface area (Å²) in [4.78, 5) is 0. The second kappa shape index (κ2) is 7.80. The van der Waals surface area contributed by atoms with Gasteiger partial charge < -0.3 is 5.32 Å². The van der Waals surface area contributed by atoms with Crippen molar-refractivity contribution in [3.8, 4) is 0 Å². The predicted octanol–water partition coefficient (Wildman–Crippen LogP) is 3.83. The SMILES string of the molecule is CCCCC(CCC)NCc1c(Cl)c(C)nn1C. The van der Waals surface area contributed by atoms with E-state index in [0.717, 1.165) is 23.0 Å². The van der Waals surface area contributed by atoms with E-state index >= 15 is 0 Å². The third-order valence-corrected chi connectivity index (χ3v) is 3.85. The average molecular weight is 272 g/mol. The molecular weight excluding hydrogens is 246 g/mol. The molecule has 1 heterocycles. The highest BCUT2D eigenvalue weighted by atomic mass is 35.5. The summed E-state index contributed by atoms with van der Waals surface area (Å²) in [5.41, 5.74) is 2.00. The summed E-state index contributed by atoms with van der Waals surface area (Å²) in [7, 11) is 1.96. The van der Waals surface area contributed by atoms with Crippen LogP contribution in [0.25, 0.3) is 0 Å². The molecule has 0 saturated heterocycles. The molecule has 0 bridgehead atoms. The van der Waals surface area contributed by atoms with Crippen LogP contribution in [-0.4, -0.2) is 15.8 Å². The number of hydrogen-bond donors (Lipinski definition) is 1. The lowest BCUT2D eigenvalue weighted by molar-refractivity contribution is 0.427. The lowest BCUT2D eigenvalue weighted by Gasteiger charge is -2.18. The second-order valence-corrected chi connectivity index (χ2v) is 5.36. The average Bonchev–Trinajstić information content (AvgIpc) is 2.58. The Kier molecular flexibility index (Phi) is 6.72. The molecule has 1 aromatic heterocycles. The summed E-state index contributed by atoms with van der Waals surface area (Å²) in [6, 6.07) is 0.598. The Morgan fingerprint density at radius 3 is 2.50 bits per heavy atom. The molecular formula is C14H26ClN3. The van der Waals surface area contributed by atoms with Gasteiger partial charge in [0.05, 0.1) is 16.4 Å². The molecule has 0 fully saturated rings. The molecule has 1 unspecified atom stereocenters. The summed E-state index contributed by atoms with van der Waals surface area (Å²) in [6.45, 7) is 7.24. The van der Waals surface area contributed by atoms with Crippen molar-refractivity contribution in [2.75, 3.05) is 0 Å². The van der Waals surface area contributed by atoms with E-state index in [1.54, 1.807) is 0 Å². The van der Waals surface area contributed by atoms with E-state index in [9.17, 15) is 0 Å². The van der Waals surface area contributed by atoms with Gasteiger partial charge in [0, 0.05) is 19.6 Å². The molecule has 0 spiro atoms. The fraction of sp³-hybridized carbons (Fsp3) is 0.786. The number of aromatic nitrogens is 2. The smallest absolute Gasteiger partial charge is 0.0860 e. The van der Waals surface area contributed by atoms with Gasteiger partial charge in [-0.1, -0.05) is 44.7 Å². The molecule has 0 radical (unpaired) electrons. The molecule has 1 N–H and O–H groups in total. The first kappa shape index (κ1) is 15.5. The van der Waals surface area contributed by atoms with Crippen LogP contribution in [0.15, 0.2) is 0 Å². The molecule has 1 aromatic rings. The van der Waals surface area contributed by atoms with Crippen molar-refractivity contribution in [2.24, 2.45) is 7.05 Å². The van der Waals surface area contributed by atoms with Crippen LogP contribution in [0, 0.1) is 6.92 Å². The van der Waals surface area contributed by atoms with E-state index in [-0.39, 0.29) is 0 Å². The number of nitrogens with one attached hydrogen (secondary N) is 1. The first-order valence-electron chi connectivity index (χ1n) is 7.01. The van der Waals surface area contributed by atoms with Crippen LogP contribution in [0.1, 0.15) is 57.3 Å². The molecule has 0 aromatic carbocycles. The summed E-state index contributed by atoms with van der Waals surface area (Å²) >= 11 is 6.26. The Morgan fingerprint density at radius 2 is 2.00 bits per heavy atom. The fourth-order valence-corrected chi connectivity index (χ4v) is 2.49. The van der Waals surface area contributed by atoms with Gasteiger partial charge in [-0.05, 0) is 19.8 Å². The monoisotopic (exact) mass is 271 g/mol. The minimum atomic E-state index is 0.598. The number of rotatable bonds is 8. The number of aryl methyl sites for hydroxylation is 2. The molecule has 3 nitrogen and oxygen atoms in total. The van der Waals surface area contributed by atoms with Crippen LogP contribution in [0.2, 0.25) is 5.02 Å². The van der Waals surface area contributed by atoms with Gasteiger partial charge in [0.25, 0.3) is 0 Å². The summed E-state index contributed by atoms with van der Waals surface area (Å²) in [5, 5.41) is 8.76. The van der Waals surface area contributed by atoms with Crippen LogP contribution in [0.4, 0.5) is 0 Å². The highest BCUT2D eigenvalue weighted by molar-refractivity contribution is 6.31. The van der Waals surface area contributed by atoms with Gasteiger partial charge in [-0.25, -0.2) is 0 Å². The predicted molar refractivity (Wildman–Crippen MR) is 78.0 cm³/mol. The zero-order chi connectivity index (χ0) is 13.5. The fourth-order valence-electron chi connectivity index (χ4n) is 2.26. The van der Waals surface area contributed by atoms with Crippen LogP contribution in [-0.2, 0) is 13.6 Å². The van der Waals surface area contributed by atoms with E-state index in [1.807, 2.05) is 18.7 Å². The zero-order valence-corrected chi connectivity index (χ0v) is 12.8. The lowest BCUT2D eigenvalue weighted by atomic mass is 10.1. The maximum Gasteiger partial charge on any atom is 0.0860 e. The van der Waals surface area contributed by atoms with E-state index < -0.39 is 0 Å². The van der Waals surface area contributed by atoms with Gasteiger partial charge in [-0.3, -0.25) is 4.68 Å². The third kappa shape index (κ3) is 4.29. The third-order valence-electron chi connectivity index (χ3n) is 3.36. The van der Waals surface area contributed by atoms with Crippen LogP contribution in [0.3, 0.4) is 0 Å². The van der Waals surface area contributed by atoms with E-state index in [0.29, 0.717) is 6.04 Å². The molecule has 0 aliphatic carbocycles. The van der Waals surface area contributed by atoms with Crippen molar-refractivity contribution in [3.05, 3.63) is 16.4 Å². The molecule has 1 atom stereocenters. The van der Waals surface area contributed by atoms with Crippen molar-refractivity contribution < 1.29 is 0 Å². The molecule has 1 rings (SSSR count). The van der Waals surface area contributed by atoms with Crippen molar-refractivity contribution in [1.29, 1.82) is 0 Å². The molecule has 0 aliphatic rings. The Bertz CT molecular complexity index is 360. The molecule has 18 heavy (non-hydrogen) atoms. The first-order valence-corrected chi connectivity index (χ1v) is 7.39. The highest BCUT2D eigenvalue weighted by Crippen LogP contribution is 2.19. The van der Waals surface area contributed by atoms with Crippen LogP contribution >= 0.6 is 11.6 Å². The Balaban J connectivity index is 2.55. The first-order chi connectivity index (χ1) is 8.60. The maximum absolute atomic E-state index is 6.26. The van der Waals surface area contributed by atoms with E-state index in [4.69, 9.17) is 11.6 Å². The maximum atomic E-state index is 6.26. The standard InChI is InChI=1S/C14H26ClN3/c1-5-7-9-12(8-6-2)16-10-13-14(15)11(3)17-18(13)4/h12,16H,5-10H2,1-4H3. The summed E-state index contributed by atoms with van der Waals surface area (Å²) < 4.78 is 1.88. The van der Waals surface area contributed by atoms with Gasteiger partial charge in [-0.2, -0.15) is 5.10 Å². The van der Waals surface area contributed by atoms with E-state index in [1.165, 1.54) is 32.1 Å². The van der Waals surface area contributed by atoms with Gasteiger partial charge in [0.2, 0.25) is 0 Å². The Labute approximate surface area is 116 Å².